The highest BCUT2D eigenvalue weighted by atomic mass is 19.4. The van der Waals surface area contributed by atoms with E-state index in [4.69, 9.17) is 0 Å². The van der Waals surface area contributed by atoms with Crippen LogP contribution in [-0.4, -0.2) is 44.9 Å². The van der Waals surface area contributed by atoms with Crippen molar-refractivity contribution in [1.29, 1.82) is 0 Å². The summed E-state index contributed by atoms with van der Waals surface area (Å²) in [6.07, 6.45) is 0.406. The van der Waals surface area contributed by atoms with Crippen molar-refractivity contribution in [3.8, 4) is 5.75 Å². The number of halogens is 3. The molecule has 6 nitrogen and oxygen atoms in total. The van der Waals surface area contributed by atoms with E-state index in [0.29, 0.717) is 38.0 Å². The number of aromatic nitrogens is 2. The molecule has 3 rings (SSSR count). The molecule has 29 heavy (non-hydrogen) atoms. The standard InChI is InChI=1S/C20H24F3N3O3/c1-15-24-9-13-25(15)10-3-6-18(27)26-11-7-19(28,8-12-26)16-4-2-5-17(14-16)29-20(21,22)23/h2,4-5,9,13-14,28H,3,6-8,10-12H2,1H3. The lowest BCUT2D eigenvalue weighted by atomic mass is 9.84. The Kier molecular flexibility index (Phi) is 6.16. The summed E-state index contributed by atoms with van der Waals surface area (Å²) >= 11 is 0. The second-order valence-corrected chi connectivity index (χ2v) is 7.26. The first kappa shape index (κ1) is 21.2. The number of benzene rings is 1. The van der Waals surface area contributed by atoms with Crippen molar-refractivity contribution in [1.82, 2.24) is 14.5 Å². The number of alkyl halides is 3. The van der Waals surface area contributed by atoms with Crippen LogP contribution < -0.4 is 4.74 Å². The third kappa shape index (κ3) is 5.50. The van der Waals surface area contributed by atoms with E-state index < -0.39 is 12.0 Å². The molecule has 0 aliphatic carbocycles. The maximum atomic E-state index is 12.4. The summed E-state index contributed by atoms with van der Waals surface area (Å²) in [6, 6.07) is 5.40. The molecule has 0 spiro atoms. The lowest BCUT2D eigenvalue weighted by Crippen LogP contribution is -2.45. The number of nitrogens with zero attached hydrogens (tertiary/aromatic N) is 3. The van der Waals surface area contributed by atoms with Gasteiger partial charge in [0.15, 0.2) is 0 Å². The van der Waals surface area contributed by atoms with Crippen molar-refractivity contribution in [2.45, 2.75) is 51.1 Å². The third-order valence-corrected chi connectivity index (χ3v) is 5.26. The second-order valence-electron chi connectivity index (χ2n) is 7.26. The Labute approximate surface area is 166 Å². The molecule has 9 heteroatoms. The number of aliphatic hydroxyl groups is 1. The largest absolute Gasteiger partial charge is 0.573 e. The zero-order chi connectivity index (χ0) is 21.1. The van der Waals surface area contributed by atoms with Gasteiger partial charge in [-0.1, -0.05) is 12.1 Å². The van der Waals surface area contributed by atoms with Crippen LogP contribution in [-0.2, 0) is 16.9 Å². The molecule has 0 atom stereocenters. The molecule has 0 radical (unpaired) electrons. The molecule has 0 bridgehead atoms. The van der Waals surface area contributed by atoms with E-state index in [0.717, 1.165) is 5.82 Å². The van der Waals surface area contributed by atoms with E-state index in [-0.39, 0.29) is 24.5 Å². The van der Waals surface area contributed by atoms with Crippen LogP contribution in [0.15, 0.2) is 36.7 Å². The summed E-state index contributed by atoms with van der Waals surface area (Å²) in [5.74, 6) is 0.549. The molecule has 1 aliphatic heterocycles. The Bertz CT molecular complexity index is 843. The number of carbonyl (C=O) groups excluding carboxylic acids is 1. The van der Waals surface area contributed by atoms with Gasteiger partial charge in [-0.2, -0.15) is 0 Å². The zero-order valence-electron chi connectivity index (χ0n) is 16.2. The number of piperidine rings is 1. The maximum Gasteiger partial charge on any atom is 0.573 e. The molecule has 1 aliphatic rings. The van der Waals surface area contributed by atoms with Gasteiger partial charge in [0.25, 0.3) is 0 Å². The summed E-state index contributed by atoms with van der Waals surface area (Å²) < 4.78 is 43.2. The van der Waals surface area contributed by atoms with Crippen molar-refractivity contribution in [2.75, 3.05) is 13.1 Å². The molecule has 1 saturated heterocycles. The summed E-state index contributed by atoms with van der Waals surface area (Å²) in [4.78, 5) is 18.3. The first-order valence-corrected chi connectivity index (χ1v) is 9.50. The molecular formula is C20H24F3N3O3. The molecule has 2 heterocycles. The van der Waals surface area contributed by atoms with Gasteiger partial charge in [-0.3, -0.25) is 4.79 Å². The van der Waals surface area contributed by atoms with Crippen LogP contribution in [0.25, 0.3) is 0 Å². The van der Waals surface area contributed by atoms with Crippen LogP contribution in [0, 0.1) is 6.92 Å². The Morgan fingerprint density at radius 1 is 1.31 bits per heavy atom. The average molecular weight is 411 g/mol. The van der Waals surface area contributed by atoms with Crippen molar-refractivity contribution < 1.29 is 27.8 Å². The van der Waals surface area contributed by atoms with E-state index in [1.807, 2.05) is 17.7 Å². The molecule has 2 aromatic rings. The lowest BCUT2D eigenvalue weighted by Gasteiger charge is -2.38. The molecular weight excluding hydrogens is 387 g/mol. The van der Waals surface area contributed by atoms with Gasteiger partial charge < -0.3 is 19.3 Å². The summed E-state index contributed by atoms with van der Waals surface area (Å²) in [5.41, 5.74) is -0.919. The van der Waals surface area contributed by atoms with Gasteiger partial charge in [0.05, 0.1) is 5.60 Å². The first-order chi connectivity index (χ1) is 13.7. The summed E-state index contributed by atoms with van der Waals surface area (Å²) in [7, 11) is 0. The number of rotatable bonds is 6. The Hall–Kier alpha value is -2.55. The topological polar surface area (TPSA) is 67.6 Å². The molecule has 1 fully saturated rings. The number of imidazole rings is 1. The smallest absolute Gasteiger partial charge is 0.406 e. The van der Waals surface area contributed by atoms with Gasteiger partial charge in [0.2, 0.25) is 5.91 Å². The maximum absolute atomic E-state index is 12.4. The predicted octanol–water partition coefficient (Wildman–Crippen LogP) is 3.38. The number of amides is 1. The van der Waals surface area contributed by atoms with Crippen molar-refractivity contribution in [2.24, 2.45) is 0 Å². The summed E-state index contributed by atoms with van der Waals surface area (Å²) in [6.45, 7) is 3.32. The molecule has 1 aromatic carbocycles. The van der Waals surface area contributed by atoms with Crippen LogP contribution in [0.4, 0.5) is 13.2 Å². The van der Waals surface area contributed by atoms with E-state index in [1.165, 1.54) is 18.2 Å². The van der Waals surface area contributed by atoms with Crippen LogP contribution in [0.2, 0.25) is 0 Å². The van der Waals surface area contributed by atoms with E-state index in [9.17, 15) is 23.1 Å². The highest BCUT2D eigenvalue weighted by Gasteiger charge is 2.36. The summed E-state index contributed by atoms with van der Waals surface area (Å²) in [5, 5.41) is 10.9. The van der Waals surface area contributed by atoms with E-state index in [2.05, 4.69) is 9.72 Å². The molecule has 1 aromatic heterocycles. The minimum absolute atomic E-state index is 0.0129. The van der Waals surface area contributed by atoms with E-state index in [1.54, 1.807) is 17.2 Å². The van der Waals surface area contributed by atoms with Gasteiger partial charge in [-0.15, -0.1) is 13.2 Å². The zero-order valence-corrected chi connectivity index (χ0v) is 16.2. The molecule has 0 saturated carbocycles. The average Bonchev–Trinajstić information content (AvgIpc) is 3.06. The van der Waals surface area contributed by atoms with Crippen molar-refractivity contribution >= 4 is 5.91 Å². The van der Waals surface area contributed by atoms with Crippen LogP contribution >= 0.6 is 0 Å². The second kappa shape index (κ2) is 8.44. The number of aryl methyl sites for hydroxylation is 2. The fourth-order valence-corrected chi connectivity index (χ4v) is 3.60. The number of hydrogen-bond acceptors (Lipinski definition) is 4. The van der Waals surface area contributed by atoms with Crippen molar-refractivity contribution in [3.63, 3.8) is 0 Å². The lowest BCUT2D eigenvalue weighted by molar-refractivity contribution is -0.274. The number of carbonyl (C=O) groups is 1. The molecule has 158 valence electrons. The molecule has 1 N–H and O–H groups in total. The van der Waals surface area contributed by atoms with Crippen LogP contribution in [0.5, 0.6) is 5.75 Å². The van der Waals surface area contributed by atoms with Crippen molar-refractivity contribution in [3.05, 3.63) is 48.0 Å². The van der Waals surface area contributed by atoms with Crippen LogP contribution in [0.3, 0.4) is 0 Å². The molecule has 1 amide bonds. The fourth-order valence-electron chi connectivity index (χ4n) is 3.60. The number of likely N-dealkylation sites (tertiary alicyclic amines) is 1. The van der Waals surface area contributed by atoms with Gasteiger partial charge in [-0.05, 0) is 43.9 Å². The van der Waals surface area contributed by atoms with E-state index >= 15 is 0 Å². The van der Waals surface area contributed by atoms with Gasteiger partial charge >= 0.3 is 6.36 Å². The van der Waals surface area contributed by atoms with Crippen LogP contribution in [0.1, 0.15) is 37.1 Å². The predicted molar refractivity (Wildman–Crippen MR) is 99.0 cm³/mol. The number of hydrogen-bond donors (Lipinski definition) is 1. The Balaban J connectivity index is 1.53. The Morgan fingerprint density at radius 2 is 2.03 bits per heavy atom. The minimum Gasteiger partial charge on any atom is -0.406 e. The minimum atomic E-state index is -4.79. The number of ether oxygens (including phenoxy) is 1. The Morgan fingerprint density at radius 3 is 2.66 bits per heavy atom. The third-order valence-electron chi connectivity index (χ3n) is 5.26. The fraction of sp³-hybridized carbons (Fsp3) is 0.500. The SMILES string of the molecule is Cc1nccn1CCCC(=O)N1CCC(O)(c2cccc(OC(F)(F)F)c2)CC1. The van der Waals surface area contributed by atoms with Gasteiger partial charge in [-0.25, -0.2) is 4.98 Å². The quantitative estimate of drug-likeness (QED) is 0.791. The highest BCUT2D eigenvalue weighted by Crippen LogP contribution is 2.35. The monoisotopic (exact) mass is 411 g/mol. The first-order valence-electron chi connectivity index (χ1n) is 9.50. The normalized spacial score (nSPS) is 16.7. The van der Waals surface area contributed by atoms with Gasteiger partial charge in [0.1, 0.15) is 11.6 Å². The van der Waals surface area contributed by atoms with Gasteiger partial charge in [0, 0.05) is 38.4 Å². The molecule has 0 unspecified atom stereocenters. The highest BCUT2D eigenvalue weighted by molar-refractivity contribution is 5.76.